The number of thiocarbonyl (C=S) groups is 1. The summed E-state index contributed by atoms with van der Waals surface area (Å²) >= 11 is 7.00. The quantitative estimate of drug-likeness (QED) is 0.595. The third kappa shape index (κ3) is 4.82. The van der Waals surface area contributed by atoms with Crippen LogP contribution in [-0.2, 0) is 0 Å². The maximum Gasteiger partial charge on any atom is 0.136 e. The molecule has 100 valence electrons. The maximum absolute atomic E-state index is 5.71. The van der Waals surface area contributed by atoms with Gasteiger partial charge in [0, 0.05) is 11.7 Å². The smallest absolute Gasteiger partial charge is 0.136 e. The number of anilines is 1. The lowest BCUT2D eigenvalue weighted by atomic mass is 10.2. The van der Waals surface area contributed by atoms with Gasteiger partial charge in [0.15, 0.2) is 0 Å². The van der Waals surface area contributed by atoms with E-state index in [1.165, 1.54) is 0 Å². The van der Waals surface area contributed by atoms with Crippen molar-refractivity contribution < 1.29 is 0 Å². The summed E-state index contributed by atoms with van der Waals surface area (Å²) in [6.07, 6.45) is 1.10. The molecule has 5 heteroatoms. The van der Waals surface area contributed by atoms with Crippen LogP contribution in [0.1, 0.15) is 31.5 Å². The molecule has 3 nitrogen and oxygen atoms in total. The lowest BCUT2D eigenvalue weighted by Gasteiger charge is -2.17. The van der Waals surface area contributed by atoms with Crippen molar-refractivity contribution in [2.24, 2.45) is 5.73 Å². The van der Waals surface area contributed by atoms with Crippen molar-refractivity contribution in [2.75, 3.05) is 16.8 Å². The summed E-state index contributed by atoms with van der Waals surface area (Å²) in [6, 6.07) is 4.23. The Morgan fingerprint density at radius 1 is 1.56 bits per heavy atom. The van der Waals surface area contributed by atoms with Gasteiger partial charge in [-0.05, 0) is 43.9 Å². The molecule has 0 aromatic carbocycles. The fourth-order valence-electron chi connectivity index (χ4n) is 1.58. The van der Waals surface area contributed by atoms with Crippen molar-refractivity contribution in [3.63, 3.8) is 0 Å². The number of nitrogens with one attached hydrogen (secondary N) is 1. The summed E-state index contributed by atoms with van der Waals surface area (Å²) < 4.78 is 0. The highest BCUT2D eigenvalue weighted by molar-refractivity contribution is 7.99. The Labute approximate surface area is 119 Å². The van der Waals surface area contributed by atoms with E-state index in [0.717, 1.165) is 35.0 Å². The minimum absolute atomic E-state index is 0.367. The Hall–Kier alpha value is -0.810. The molecule has 0 radical (unpaired) electrons. The molecule has 0 bridgehead atoms. The average molecular weight is 283 g/mol. The fraction of sp³-hybridized carbons (Fsp3) is 0.538. The van der Waals surface area contributed by atoms with Crippen LogP contribution in [0.4, 0.5) is 5.82 Å². The zero-order valence-electron chi connectivity index (χ0n) is 11.2. The fourth-order valence-corrected chi connectivity index (χ4v) is 2.55. The van der Waals surface area contributed by atoms with Crippen LogP contribution in [0.2, 0.25) is 0 Å². The van der Waals surface area contributed by atoms with E-state index in [2.05, 4.69) is 24.1 Å². The number of rotatable bonds is 7. The molecule has 3 N–H and O–H groups in total. The molecule has 1 atom stereocenters. The molecule has 1 heterocycles. The molecule has 0 aliphatic carbocycles. The van der Waals surface area contributed by atoms with Crippen molar-refractivity contribution in [3.05, 3.63) is 23.4 Å². The molecule has 0 spiro atoms. The van der Waals surface area contributed by atoms with Crippen molar-refractivity contribution in [1.82, 2.24) is 4.98 Å². The van der Waals surface area contributed by atoms with Crippen LogP contribution >= 0.6 is 24.0 Å². The van der Waals surface area contributed by atoms with Crippen LogP contribution in [0.25, 0.3) is 0 Å². The molecule has 0 amide bonds. The number of hydrogen-bond donors (Lipinski definition) is 2. The van der Waals surface area contributed by atoms with E-state index >= 15 is 0 Å². The predicted octanol–water partition coefficient (Wildman–Crippen LogP) is 2.97. The minimum Gasteiger partial charge on any atom is -0.389 e. The van der Waals surface area contributed by atoms with Gasteiger partial charge >= 0.3 is 0 Å². The van der Waals surface area contributed by atoms with E-state index in [4.69, 9.17) is 18.0 Å². The molecule has 18 heavy (non-hydrogen) atoms. The van der Waals surface area contributed by atoms with Gasteiger partial charge in [0.25, 0.3) is 0 Å². The van der Waals surface area contributed by atoms with Crippen molar-refractivity contribution in [3.8, 4) is 0 Å². The third-order valence-corrected chi connectivity index (χ3v) is 3.73. The van der Waals surface area contributed by atoms with Crippen LogP contribution in [0, 0.1) is 6.92 Å². The van der Waals surface area contributed by atoms with Gasteiger partial charge in [0.2, 0.25) is 0 Å². The Balaban J connectivity index is 2.70. The predicted molar refractivity (Wildman–Crippen MR) is 85.6 cm³/mol. The summed E-state index contributed by atoms with van der Waals surface area (Å²) in [7, 11) is 0. The number of hydrogen-bond acceptors (Lipinski definition) is 4. The molecule has 1 unspecified atom stereocenters. The second-order valence-electron chi connectivity index (χ2n) is 4.24. The Morgan fingerprint density at radius 3 is 2.89 bits per heavy atom. The highest BCUT2D eigenvalue weighted by Gasteiger charge is 2.10. The Kier molecular flexibility index (Phi) is 6.43. The largest absolute Gasteiger partial charge is 0.389 e. The van der Waals surface area contributed by atoms with Crippen LogP contribution in [0.15, 0.2) is 12.1 Å². The van der Waals surface area contributed by atoms with E-state index in [9.17, 15) is 0 Å². The molecule has 0 aliphatic rings. The summed E-state index contributed by atoms with van der Waals surface area (Å²) in [5.41, 5.74) is 7.50. The van der Waals surface area contributed by atoms with Gasteiger partial charge in [-0.3, -0.25) is 0 Å². The second kappa shape index (κ2) is 7.59. The van der Waals surface area contributed by atoms with Crippen molar-refractivity contribution >= 4 is 34.8 Å². The Bertz CT molecular complexity index is 407. The first-order chi connectivity index (χ1) is 8.54. The standard InChI is InChI=1S/C13H21N3S2/c1-4-18-8-7-10(3)16-13-11(12(14)17)6-5-9(2)15-13/h5-6,10H,4,7-8H2,1-3H3,(H2,14,17)(H,15,16). The normalized spacial score (nSPS) is 12.2. The lowest BCUT2D eigenvalue weighted by molar-refractivity contribution is 0.765. The summed E-state index contributed by atoms with van der Waals surface area (Å²) in [5, 5.41) is 3.40. The van der Waals surface area contributed by atoms with Gasteiger partial charge in [-0.15, -0.1) is 0 Å². The average Bonchev–Trinajstić information content (AvgIpc) is 2.29. The lowest BCUT2D eigenvalue weighted by Crippen LogP contribution is -2.21. The summed E-state index contributed by atoms with van der Waals surface area (Å²) in [5.74, 6) is 3.11. The highest BCUT2D eigenvalue weighted by Crippen LogP contribution is 2.16. The molecular weight excluding hydrogens is 262 g/mol. The number of pyridine rings is 1. The topological polar surface area (TPSA) is 50.9 Å². The van der Waals surface area contributed by atoms with Crippen LogP contribution in [0.5, 0.6) is 0 Å². The van der Waals surface area contributed by atoms with Gasteiger partial charge in [-0.25, -0.2) is 4.98 Å². The summed E-state index contributed by atoms with van der Waals surface area (Å²) in [4.78, 5) is 4.87. The Morgan fingerprint density at radius 2 is 2.28 bits per heavy atom. The SMILES string of the molecule is CCSCCC(C)Nc1nc(C)ccc1C(N)=S. The molecule has 1 aromatic heterocycles. The van der Waals surface area contributed by atoms with Gasteiger partial charge < -0.3 is 11.1 Å². The van der Waals surface area contributed by atoms with Crippen LogP contribution in [-0.4, -0.2) is 27.5 Å². The monoisotopic (exact) mass is 283 g/mol. The third-order valence-electron chi connectivity index (χ3n) is 2.58. The van der Waals surface area contributed by atoms with Crippen LogP contribution in [0.3, 0.4) is 0 Å². The van der Waals surface area contributed by atoms with E-state index in [1.807, 2.05) is 30.8 Å². The molecule has 1 rings (SSSR count). The number of aromatic nitrogens is 1. The second-order valence-corrected chi connectivity index (χ2v) is 6.08. The van der Waals surface area contributed by atoms with Crippen molar-refractivity contribution in [1.29, 1.82) is 0 Å². The first-order valence-corrected chi connectivity index (χ1v) is 7.72. The molecular formula is C13H21N3S2. The number of aryl methyl sites for hydroxylation is 1. The van der Waals surface area contributed by atoms with Gasteiger partial charge in [0.05, 0.1) is 5.56 Å². The maximum atomic E-state index is 5.71. The van der Waals surface area contributed by atoms with Gasteiger partial charge in [-0.2, -0.15) is 11.8 Å². The molecule has 0 aliphatic heterocycles. The van der Waals surface area contributed by atoms with Crippen LogP contribution < -0.4 is 11.1 Å². The van der Waals surface area contributed by atoms with E-state index < -0.39 is 0 Å². The number of thioether (sulfide) groups is 1. The van der Waals surface area contributed by atoms with E-state index in [0.29, 0.717) is 11.0 Å². The zero-order chi connectivity index (χ0) is 13.5. The number of nitrogens with zero attached hydrogens (tertiary/aromatic N) is 1. The first-order valence-electron chi connectivity index (χ1n) is 6.16. The van der Waals surface area contributed by atoms with Gasteiger partial charge in [0.1, 0.15) is 10.8 Å². The number of nitrogens with two attached hydrogens (primary N) is 1. The van der Waals surface area contributed by atoms with E-state index in [-0.39, 0.29) is 0 Å². The highest BCUT2D eigenvalue weighted by atomic mass is 32.2. The molecule has 1 aromatic rings. The van der Waals surface area contributed by atoms with Crippen molar-refractivity contribution in [2.45, 2.75) is 33.2 Å². The first kappa shape index (κ1) is 15.2. The molecule has 0 saturated heterocycles. The molecule has 0 fully saturated rings. The summed E-state index contributed by atoms with van der Waals surface area (Å²) in [6.45, 7) is 6.30. The zero-order valence-corrected chi connectivity index (χ0v) is 12.8. The van der Waals surface area contributed by atoms with Gasteiger partial charge in [-0.1, -0.05) is 19.1 Å². The minimum atomic E-state index is 0.367. The molecule has 0 saturated carbocycles. The van der Waals surface area contributed by atoms with E-state index in [1.54, 1.807) is 0 Å².